The third kappa shape index (κ3) is 3.60. The van der Waals surface area contributed by atoms with Gasteiger partial charge in [-0.25, -0.2) is 0 Å². The number of aromatic nitrogens is 4. The molecule has 0 aliphatic carbocycles. The van der Waals surface area contributed by atoms with E-state index in [0.717, 1.165) is 17.0 Å². The first-order valence-electron chi connectivity index (χ1n) is 7.81. The fourth-order valence-corrected chi connectivity index (χ4v) is 2.96. The van der Waals surface area contributed by atoms with Gasteiger partial charge in [0, 0.05) is 39.0 Å². The zero-order valence-electron chi connectivity index (χ0n) is 13.9. The Hall–Kier alpha value is -2.32. The Kier molecular flexibility index (Phi) is 5.17. The fraction of sp³-hybridized carbons (Fsp3) is 0.500. The van der Waals surface area contributed by atoms with Crippen LogP contribution < -0.4 is 0 Å². The van der Waals surface area contributed by atoms with Gasteiger partial charge >= 0.3 is 0 Å². The van der Waals surface area contributed by atoms with Crippen LogP contribution in [-0.4, -0.2) is 57.7 Å². The van der Waals surface area contributed by atoms with E-state index in [-0.39, 0.29) is 18.4 Å². The molecule has 8 nitrogen and oxygen atoms in total. The summed E-state index contributed by atoms with van der Waals surface area (Å²) in [6.45, 7) is 2.07. The lowest BCUT2D eigenvalue weighted by Crippen LogP contribution is -2.41. The Morgan fingerprint density at radius 2 is 2.33 bits per heavy atom. The minimum atomic E-state index is -0.0499. The number of carbonyl (C=O) groups excluding carboxylic acids is 1. The Morgan fingerprint density at radius 3 is 3.08 bits per heavy atom. The molecular formula is C16H21N5O3. The Morgan fingerprint density at radius 1 is 1.46 bits per heavy atom. The average Bonchev–Trinajstić information content (AvgIpc) is 2.97. The highest BCUT2D eigenvalue weighted by Crippen LogP contribution is 2.27. The fourth-order valence-electron chi connectivity index (χ4n) is 2.96. The molecule has 0 unspecified atom stereocenters. The second kappa shape index (κ2) is 7.50. The van der Waals surface area contributed by atoms with E-state index >= 15 is 0 Å². The number of hydrogen-bond donors (Lipinski definition) is 0. The van der Waals surface area contributed by atoms with Gasteiger partial charge in [0.15, 0.2) is 0 Å². The van der Waals surface area contributed by atoms with Crippen LogP contribution in [0.3, 0.4) is 0 Å². The summed E-state index contributed by atoms with van der Waals surface area (Å²) in [5.41, 5.74) is 2.87. The molecular weight excluding hydrogens is 310 g/mol. The van der Waals surface area contributed by atoms with E-state index in [9.17, 15) is 4.79 Å². The summed E-state index contributed by atoms with van der Waals surface area (Å²) in [5, 5.41) is 8.26. The number of carbonyl (C=O) groups is 1. The summed E-state index contributed by atoms with van der Waals surface area (Å²) in [5.74, 6) is -0.0164. The number of nitrogens with zero attached hydrogens (tertiary/aromatic N) is 5. The minimum absolute atomic E-state index is 0.0335. The number of hydrogen-bond acceptors (Lipinski definition) is 6. The van der Waals surface area contributed by atoms with E-state index < -0.39 is 0 Å². The van der Waals surface area contributed by atoms with Crippen molar-refractivity contribution >= 4 is 5.91 Å². The van der Waals surface area contributed by atoms with Crippen molar-refractivity contribution in [2.24, 2.45) is 7.05 Å². The predicted octanol–water partition coefficient (Wildman–Crippen LogP) is 0.499. The zero-order chi connectivity index (χ0) is 16.9. The quantitative estimate of drug-likeness (QED) is 0.766. The first-order valence-corrected chi connectivity index (χ1v) is 7.81. The second-order valence-corrected chi connectivity index (χ2v) is 5.83. The van der Waals surface area contributed by atoms with Crippen molar-refractivity contribution in [1.29, 1.82) is 0 Å². The van der Waals surface area contributed by atoms with Gasteiger partial charge in [0.1, 0.15) is 12.3 Å². The van der Waals surface area contributed by atoms with E-state index in [0.29, 0.717) is 26.3 Å². The average molecular weight is 331 g/mol. The predicted molar refractivity (Wildman–Crippen MR) is 84.9 cm³/mol. The molecule has 0 fully saturated rings. The van der Waals surface area contributed by atoms with Crippen LogP contribution in [0, 0.1) is 0 Å². The topological polar surface area (TPSA) is 82.4 Å². The van der Waals surface area contributed by atoms with Crippen molar-refractivity contribution in [1.82, 2.24) is 24.9 Å². The number of methoxy groups -OCH3 is 1. The van der Waals surface area contributed by atoms with E-state index in [1.807, 2.05) is 19.2 Å². The maximum atomic E-state index is 12.2. The van der Waals surface area contributed by atoms with Gasteiger partial charge < -0.3 is 14.4 Å². The number of pyridine rings is 1. The Bertz CT molecular complexity index is 688. The number of fused-ring (bicyclic) bond motifs is 1. The van der Waals surface area contributed by atoms with Crippen LogP contribution >= 0.6 is 0 Å². The summed E-state index contributed by atoms with van der Waals surface area (Å²) < 4.78 is 12.6. The van der Waals surface area contributed by atoms with Crippen molar-refractivity contribution in [3.05, 3.63) is 41.5 Å². The van der Waals surface area contributed by atoms with Crippen molar-refractivity contribution in [2.45, 2.75) is 19.1 Å². The Balaban J connectivity index is 1.68. The molecule has 2 aromatic rings. The molecule has 0 saturated heterocycles. The number of ether oxygens (including phenoxy) is 2. The minimum Gasteiger partial charge on any atom is -0.376 e. The second-order valence-electron chi connectivity index (χ2n) is 5.83. The lowest BCUT2D eigenvalue weighted by molar-refractivity contribution is -0.136. The van der Waals surface area contributed by atoms with Gasteiger partial charge in [0.25, 0.3) is 0 Å². The highest BCUT2D eigenvalue weighted by Gasteiger charge is 2.32. The normalized spacial score (nSPS) is 16.9. The molecule has 3 heterocycles. The molecule has 3 rings (SSSR count). The van der Waals surface area contributed by atoms with E-state index in [1.165, 1.54) is 7.11 Å². The third-order valence-corrected chi connectivity index (χ3v) is 4.04. The molecule has 1 aliphatic rings. The van der Waals surface area contributed by atoms with Gasteiger partial charge in [-0.2, -0.15) is 0 Å². The summed E-state index contributed by atoms with van der Waals surface area (Å²) in [4.78, 5) is 18.0. The smallest absolute Gasteiger partial charge is 0.248 e. The van der Waals surface area contributed by atoms with Gasteiger partial charge in [0.2, 0.25) is 5.91 Å². The molecule has 0 radical (unpaired) electrons. The highest BCUT2D eigenvalue weighted by molar-refractivity contribution is 5.77. The van der Waals surface area contributed by atoms with Crippen LogP contribution in [0.4, 0.5) is 0 Å². The molecule has 128 valence electrons. The summed E-state index contributed by atoms with van der Waals surface area (Å²) in [6.07, 6.45) is 3.52. The molecule has 1 atom stereocenters. The monoisotopic (exact) mass is 331 g/mol. The molecule has 0 bridgehead atoms. The molecule has 8 heteroatoms. The van der Waals surface area contributed by atoms with E-state index in [1.54, 1.807) is 22.0 Å². The van der Waals surface area contributed by atoms with Crippen LogP contribution in [-0.2, 0) is 34.5 Å². The molecule has 0 spiro atoms. The van der Waals surface area contributed by atoms with Crippen molar-refractivity contribution in [2.75, 3.05) is 26.9 Å². The molecule has 1 amide bonds. The molecule has 0 N–H and O–H groups in total. The largest absolute Gasteiger partial charge is 0.376 e. The maximum Gasteiger partial charge on any atom is 0.248 e. The number of amides is 1. The summed E-state index contributed by atoms with van der Waals surface area (Å²) in [6, 6.07) is 3.85. The van der Waals surface area contributed by atoms with Crippen LogP contribution in [0.15, 0.2) is 24.5 Å². The van der Waals surface area contributed by atoms with Crippen LogP contribution in [0.5, 0.6) is 0 Å². The molecule has 0 saturated carbocycles. The van der Waals surface area contributed by atoms with Gasteiger partial charge in [-0.05, 0) is 11.6 Å². The molecule has 1 aliphatic heterocycles. The summed E-state index contributed by atoms with van der Waals surface area (Å²) >= 11 is 0. The summed E-state index contributed by atoms with van der Waals surface area (Å²) in [7, 11) is 3.39. The van der Waals surface area contributed by atoms with E-state index in [2.05, 4.69) is 15.3 Å². The lowest BCUT2D eigenvalue weighted by Gasteiger charge is -2.32. The standard InChI is InChI=1S/C16H21N5O3/c1-20-16-13(10-24-9-12-4-3-5-17-6-12)7-21(15(22)11-23-2)8-14(16)18-19-20/h3-6,13H,7-11H2,1-2H3/t13-/m1/s1. The number of rotatable bonds is 6. The molecule has 0 aromatic carbocycles. The maximum absolute atomic E-state index is 12.2. The van der Waals surface area contributed by atoms with Crippen LogP contribution in [0.25, 0.3) is 0 Å². The molecule has 24 heavy (non-hydrogen) atoms. The third-order valence-electron chi connectivity index (χ3n) is 4.04. The first kappa shape index (κ1) is 16.5. The van der Waals surface area contributed by atoms with Crippen molar-refractivity contribution < 1.29 is 14.3 Å². The van der Waals surface area contributed by atoms with Crippen LogP contribution in [0.2, 0.25) is 0 Å². The van der Waals surface area contributed by atoms with Gasteiger partial charge in [-0.3, -0.25) is 14.5 Å². The number of aryl methyl sites for hydroxylation is 1. The molecule has 2 aromatic heterocycles. The highest BCUT2D eigenvalue weighted by atomic mass is 16.5. The van der Waals surface area contributed by atoms with Crippen molar-refractivity contribution in [3.8, 4) is 0 Å². The van der Waals surface area contributed by atoms with Gasteiger partial charge in [-0.15, -0.1) is 5.10 Å². The Labute approximate surface area is 140 Å². The first-order chi connectivity index (χ1) is 11.7. The van der Waals surface area contributed by atoms with Gasteiger partial charge in [-0.1, -0.05) is 11.3 Å². The SMILES string of the molecule is COCC(=O)N1Cc2nnn(C)c2[C@@H](COCc2cccnc2)C1. The van der Waals surface area contributed by atoms with Gasteiger partial charge in [0.05, 0.1) is 25.5 Å². The zero-order valence-corrected chi connectivity index (χ0v) is 13.9. The van der Waals surface area contributed by atoms with E-state index in [4.69, 9.17) is 9.47 Å². The lowest BCUT2D eigenvalue weighted by atomic mass is 9.99. The van der Waals surface area contributed by atoms with Crippen molar-refractivity contribution in [3.63, 3.8) is 0 Å². The van der Waals surface area contributed by atoms with Crippen LogP contribution in [0.1, 0.15) is 22.9 Å².